The van der Waals surface area contributed by atoms with Gasteiger partial charge in [-0.15, -0.1) is 10.2 Å². The van der Waals surface area contributed by atoms with Crippen LogP contribution in [0.4, 0.5) is 0 Å². The number of carboxylic acid groups (broad SMARTS) is 1. The zero-order valence-electron chi connectivity index (χ0n) is 14.0. The normalized spacial score (nSPS) is 16.0. The number of thioether (sulfide) groups is 1. The Morgan fingerprint density at radius 2 is 1.81 bits per heavy atom. The van der Waals surface area contributed by atoms with Gasteiger partial charge in [0.1, 0.15) is 0 Å². The van der Waals surface area contributed by atoms with E-state index in [1.807, 2.05) is 61.5 Å². The molecule has 0 amide bonds. The third-order valence-corrected chi connectivity index (χ3v) is 5.24. The van der Waals surface area contributed by atoms with E-state index in [9.17, 15) is 9.90 Å². The zero-order valence-corrected chi connectivity index (χ0v) is 14.8. The van der Waals surface area contributed by atoms with Gasteiger partial charge in [0.15, 0.2) is 5.82 Å². The molecule has 0 unspecified atom stereocenters. The van der Waals surface area contributed by atoms with Crippen LogP contribution in [0.1, 0.15) is 17.5 Å². The first-order chi connectivity index (χ1) is 12.6. The number of aliphatic carboxylic acids is 1. The number of benzene rings is 2. The maximum Gasteiger partial charge on any atom is 0.213 e. The van der Waals surface area contributed by atoms with Gasteiger partial charge in [0.25, 0.3) is 0 Å². The lowest BCUT2D eigenvalue weighted by atomic mass is 10.1. The Kier molecular flexibility index (Phi) is 4.30. The quantitative estimate of drug-likeness (QED) is 0.709. The molecule has 1 aromatic heterocycles. The fourth-order valence-corrected chi connectivity index (χ4v) is 3.89. The Labute approximate surface area is 154 Å². The minimum Gasteiger partial charge on any atom is -0.550 e. The molecule has 0 aliphatic carbocycles. The Morgan fingerprint density at radius 1 is 1.08 bits per heavy atom. The summed E-state index contributed by atoms with van der Waals surface area (Å²) in [5.41, 5.74) is 3.62. The number of aryl methyl sites for hydroxylation is 1. The minimum atomic E-state index is -1.11. The van der Waals surface area contributed by atoms with Crippen LogP contribution < -0.4 is 5.11 Å². The molecule has 1 aliphatic heterocycles. The molecule has 130 valence electrons. The number of carbonyl (C=O) groups excluding carboxylic acids is 1. The molecule has 6 nitrogen and oxygen atoms in total. The van der Waals surface area contributed by atoms with Crippen LogP contribution >= 0.6 is 11.8 Å². The summed E-state index contributed by atoms with van der Waals surface area (Å²) < 4.78 is 1.68. The van der Waals surface area contributed by atoms with E-state index in [4.69, 9.17) is 5.10 Å². The van der Waals surface area contributed by atoms with Crippen molar-refractivity contribution in [1.82, 2.24) is 14.9 Å². The largest absolute Gasteiger partial charge is 0.550 e. The van der Waals surface area contributed by atoms with Gasteiger partial charge in [-0.2, -0.15) is 9.78 Å². The van der Waals surface area contributed by atoms with Gasteiger partial charge in [-0.1, -0.05) is 71.9 Å². The summed E-state index contributed by atoms with van der Waals surface area (Å²) in [6, 6.07) is 17.5. The molecule has 2 heterocycles. The molecule has 4 rings (SSSR count). The van der Waals surface area contributed by atoms with E-state index >= 15 is 0 Å². The fraction of sp³-hybridized carbons (Fsp3) is 0.158. The number of rotatable bonds is 4. The summed E-state index contributed by atoms with van der Waals surface area (Å²) in [4.78, 5) is 11.2. The standard InChI is InChI=1S/C19H16N4O2S/c1-12-7-9-14(10-8-12)18-20-21-19-23(18)22-17(13-5-3-2-4-6-13)15(26-19)11-16(24)25/h2-10,15H,11H2,1H3,(H,24,25)/p-1/t15-/m0/s1. The molecular weight excluding hydrogens is 348 g/mol. The van der Waals surface area contributed by atoms with E-state index in [1.165, 1.54) is 11.8 Å². The smallest absolute Gasteiger partial charge is 0.213 e. The van der Waals surface area contributed by atoms with Crippen LogP contribution in [0, 0.1) is 6.92 Å². The van der Waals surface area contributed by atoms with Crippen molar-refractivity contribution in [3.8, 4) is 11.4 Å². The topological polar surface area (TPSA) is 83.2 Å². The van der Waals surface area contributed by atoms with Gasteiger partial charge >= 0.3 is 0 Å². The first-order valence-electron chi connectivity index (χ1n) is 8.15. The molecular formula is C19H15N4O2S-. The van der Waals surface area contributed by atoms with Gasteiger partial charge in [0.2, 0.25) is 5.16 Å². The number of hydrogen-bond donors (Lipinski definition) is 0. The molecule has 0 saturated heterocycles. The van der Waals surface area contributed by atoms with E-state index in [-0.39, 0.29) is 11.7 Å². The minimum absolute atomic E-state index is 0.134. The molecule has 3 aromatic rings. The second-order valence-corrected chi connectivity index (χ2v) is 7.19. The average Bonchev–Trinajstić information content (AvgIpc) is 3.05. The Balaban J connectivity index is 1.82. The van der Waals surface area contributed by atoms with Crippen LogP contribution in [0.15, 0.2) is 64.9 Å². The van der Waals surface area contributed by atoms with E-state index < -0.39 is 5.97 Å². The number of hydrogen-bond acceptors (Lipinski definition) is 6. The van der Waals surface area contributed by atoms with Crippen LogP contribution in [0.3, 0.4) is 0 Å². The molecule has 0 radical (unpaired) electrons. The zero-order chi connectivity index (χ0) is 18.1. The summed E-state index contributed by atoms with van der Waals surface area (Å²) in [7, 11) is 0. The summed E-state index contributed by atoms with van der Waals surface area (Å²) in [6.07, 6.45) is -0.134. The highest BCUT2D eigenvalue weighted by molar-refractivity contribution is 8.00. The molecule has 0 N–H and O–H groups in total. The second kappa shape index (κ2) is 6.76. The predicted molar refractivity (Wildman–Crippen MR) is 97.8 cm³/mol. The van der Waals surface area contributed by atoms with Crippen molar-refractivity contribution in [1.29, 1.82) is 0 Å². The molecule has 1 atom stereocenters. The summed E-state index contributed by atoms with van der Waals surface area (Å²) in [6.45, 7) is 2.02. The number of aromatic nitrogens is 3. The van der Waals surface area contributed by atoms with Crippen LogP contribution in [0.25, 0.3) is 11.4 Å². The van der Waals surface area contributed by atoms with Crippen molar-refractivity contribution in [2.45, 2.75) is 23.8 Å². The number of carbonyl (C=O) groups is 1. The van der Waals surface area contributed by atoms with E-state index in [0.29, 0.717) is 16.7 Å². The lowest BCUT2D eigenvalue weighted by Gasteiger charge is -2.23. The van der Waals surface area contributed by atoms with E-state index in [1.54, 1.807) is 4.68 Å². The van der Waals surface area contributed by atoms with Gasteiger partial charge in [-0.05, 0) is 12.5 Å². The maximum absolute atomic E-state index is 11.2. The van der Waals surface area contributed by atoms with Crippen molar-refractivity contribution in [2.24, 2.45) is 5.10 Å². The molecule has 26 heavy (non-hydrogen) atoms. The third kappa shape index (κ3) is 3.13. The number of fused-ring (bicyclic) bond motifs is 1. The molecule has 7 heteroatoms. The molecule has 0 saturated carbocycles. The average molecular weight is 363 g/mol. The highest BCUT2D eigenvalue weighted by Crippen LogP contribution is 2.34. The Bertz CT molecular complexity index is 981. The van der Waals surface area contributed by atoms with Gasteiger partial charge in [0.05, 0.1) is 11.0 Å². The van der Waals surface area contributed by atoms with Crippen molar-refractivity contribution in [2.75, 3.05) is 0 Å². The fourth-order valence-electron chi connectivity index (χ4n) is 2.81. The predicted octanol–water partition coefficient (Wildman–Crippen LogP) is 2.12. The second-order valence-electron chi connectivity index (χ2n) is 6.02. The number of nitrogens with zero attached hydrogens (tertiary/aromatic N) is 4. The molecule has 2 aromatic carbocycles. The van der Waals surface area contributed by atoms with Crippen LogP contribution in [0.2, 0.25) is 0 Å². The third-order valence-electron chi connectivity index (χ3n) is 4.10. The number of carboxylic acids is 1. The summed E-state index contributed by atoms with van der Waals surface area (Å²) >= 11 is 1.34. The van der Waals surface area contributed by atoms with Gasteiger partial charge in [-0.3, -0.25) is 0 Å². The van der Waals surface area contributed by atoms with E-state index in [2.05, 4.69) is 10.2 Å². The van der Waals surface area contributed by atoms with Crippen LogP contribution in [0.5, 0.6) is 0 Å². The van der Waals surface area contributed by atoms with Gasteiger partial charge in [0, 0.05) is 18.0 Å². The van der Waals surface area contributed by atoms with Gasteiger partial charge < -0.3 is 9.90 Å². The lowest BCUT2D eigenvalue weighted by Crippen LogP contribution is -2.32. The SMILES string of the molecule is Cc1ccc(-c2nnc3n2N=C(c2ccccc2)[C@H](CC(=O)[O-])S3)cc1. The Hall–Kier alpha value is -2.93. The van der Waals surface area contributed by atoms with Crippen molar-refractivity contribution >= 4 is 23.4 Å². The Morgan fingerprint density at radius 3 is 2.50 bits per heavy atom. The highest BCUT2D eigenvalue weighted by atomic mass is 32.2. The van der Waals surface area contributed by atoms with Crippen molar-refractivity contribution < 1.29 is 9.90 Å². The van der Waals surface area contributed by atoms with Crippen LogP contribution in [-0.2, 0) is 4.79 Å². The summed E-state index contributed by atoms with van der Waals surface area (Å²) in [5.74, 6) is -0.481. The maximum atomic E-state index is 11.2. The highest BCUT2D eigenvalue weighted by Gasteiger charge is 2.29. The molecule has 1 aliphatic rings. The molecule has 0 bridgehead atoms. The van der Waals surface area contributed by atoms with Crippen molar-refractivity contribution in [3.63, 3.8) is 0 Å². The molecule has 0 spiro atoms. The summed E-state index contributed by atoms with van der Waals surface area (Å²) in [5, 5.41) is 24.6. The first kappa shape index (κ1) is 16.5. The monoisotopic (exact) mass is 363 g/mol. The lowest BCUT2D eigenvalue weighted by molar-refractivity contribution is -0.305. The van der Waals surface area contributed by atoms with Gasteiger partial charge in [-0.25, -0.2) is 0 Å². The van der Waals surface area contributed by atoms with Crippen molar-refractivity contribution in [3.05, 3.63) is 65.7 Å². The first-order valence-corrected chi connectivity index (χ1v) is 9.03. The van der Waals surface area contributed by atoms with Crippen LogP contribution in [-0.4, -0.2) is 31.8 Å². The van der Waals surface area contributed by atoms with E-state index in [0.717, 1.165) is 16.7 Å². The molecule has 0 fully saturated rings.